The highest BCUT2D eigenvalue weighted by Crippen LogP contribution is 2.22. The summed E-state index contributed by atoms with van der Waals surface area (Å²) in [5.74, 6) is 0.614. The molecule has 0 saturated carbocycles. The first-order valence-corrected chi connectivity index (χ1v) is 4.78. The maximum absolute atomic E-state index is 5.76. The van der Waals surface area contributed by atoms with E-state index in [0.717, 1.165) is 18.4 Å². The molecule has 3 nitrogen and oxygen atoms in total. The Bertz CT molecular complexity index is 320. The number of anilines is 1. The van der Waals surface area contributed by atoms with Gasteiger partial charge in [0.2, 0.25) is 0 Å². The van der Waals surface area contributed by atoms with Crippen molar-refractivity contribution in [2.45, 2.75) is 32.2 Å². The summed E-state index contributed by atoms with van der Waals surface area (Å²) in [6.07, 6.45) is 4.71. The number of aromatic nitrogens is 1. The molecule has 3 heteroatoms. The molecule has 1 aliphatic rings. The lowest BCUT2D eigenvalue weighted by atomic mass is 9.95. The first kappa shape index (κ1) is 8.51. The molecule has 70 valence electrons. The van der Waals surface area contributed by atoms with E-state index in [-0.39, 0.29) is 0 Å². The van der Waals surface area contributed by atoms with Crippen molar-refractivity contribution in [1.82, 2.24) is 4.98 Å². The second kappa shape index (κ2) is 3.34. The molecular formula is C10H15N3. The third-order valence-corrected chi connectivity index (χ3v) is 2.63. The Morgan fingerprint density at radius 2 is 2.08 bits per heavy atom. The molecule has 4 N–H and O–H groups in total. The summed E-state index contributed by atoms with van der Waals surface area (Å²) < 4.78 is 0. The number of nitrogens with zero attached hydrogens (tertiary/aromatic N) is 1. The van der Waals surface area contributed by atoms with E-state index in [1.165, 1.54) is 24.1 Å². The van der Waals surface area contributed by atoms with Crippen molar-refractivity contribution in [3.05, 3.63) is 22.9 Å². The summed E-state index contributed by atoms with van der Waals surface area (Å²) >= 11 is 0. The van der Waals surface area contributed by atoms with Gasteiger partial charge in [-0.1, -0.05) is 0 Å². The topological polar surface area (TPSA) is 64.9 Å². The molecule has 0 spiro atoms. The van der Waals surface area contributed by atoms with Gasteiger partial charge in [-0.05, 0) is 37.3 Å². The average molecular weight is 177 g/mol. The normalized spacial score (nSPS) is 15.5. The van der Waals surface area contributed by atoms with Crippen molar-refractivity contribution in [1.29, 1.82) is 0 Å². The Kier molecular flexibility index (Phi) is 2.19. The van der Waals surface area contributed by atoms with Gasteiger partial charge < -0.3 is 11.5 Å². The summed E-state index contributed by atoms with van der Waals surface area (Å²) in [6.45, 7) is 0.492. The fourth-order valence-corrected chi connectivity index (χ4v) is 1.86. The lowest BCUT2D eigenvalue weighted by Gasteiger charge is -2.16. The van der Waals surface area contributed by atoms with Crippen LogP contribution in [0.15, 0.2) is 6.07 Å². The molecule has 0 radical (unpaired) electrons. The summed E-state index contributed by atoms with van der Waals surface area (Å²) in [7, 11) is 0. The number of hydrogen-bond acceptors (Lipinski definition) is 3. The highest BCUT2D eigenvalue weighted by molar-refractivity contribution is 5.44. The van der Waals surface area contributed by atoms with Crippen LogP contribution in [-0.4, -0.2) is 4.98 Å². The molecule has 0 aliphatic heterocycles. The van der Waals surface area contributed by atoms with Gasteiger partial charge in [0.25, 0.3) is 0 Å². The monoisotopic (exact) mass is 177 g/mol. The van der Waals surface area contributed by atoms with Crippen molar-refractivity contribution in [2.24, 2.45) is 5.73 Å². The molecule has 0 fully saturated rings. The van der Waals surface area contributed by atoms with Crippen molar-refractivity contribution >= 4 is 5.82 Å². The smallest absolute Gasteiger partial charge is 0.128 e. The second-order valence-corrected chi connectivity index (χ2v) is 3.55. The van der Waals surface area contributed by atoms with Gasteiger partial charge in [-0.2, -0.15) is 0 Å². The summed E-state index contributed by atoms with van der Waals surface area (Å²) in [5, 5.41) is 0. The third-order valence-electron chi connectivity index (χ3n) is 2.63. The standard InChI is InChI=1S/C10H15N3/c11-6-8-5-7-3-1-2-4-9(7)13-10(8)12/h5H,1-4,6,11H2,(H2,12,13). The van der Waals surface area contributed by atoms with Gasteiger partial charge in [-0.3, -0.25) is 0 Å². The Balaban J connectivity index is 2.44. The number of hydrogen-bond donors (Lipinski definition) is 2. The van der Waals surface area contributed by atoms with E-state index >= 15 is 0 Å². The van der Waals surface area contributed by atoms with Gasteiger partial charge in [0.1, 0.15) is 5.82 Å². The molecule has 0 atom stereocenters. The van der Waals surface area contributed by atoms with Crippen LogP contribution in [0.25, 0.3) is 0 Å². The third kappa shape index (κ3) is 1.52. The number of pyridine rings is 1. The number of aryl methyl sites for hydroxylation is 2. The van der Waals surface area contributed by atoms with Crippen LogP contribution in [-0.2, 0) is 19.4 Å². The molecule has 2 rings (SSSR count). The molecule has 1 aromatic rings. The van der Waals surface area contributed by atoms with Gasteiger partial charge in [-0.25, -0.2) is 4.98 Å². The summed E-state index contributed by atoms with van der Waals surface area (Å²) in [4.78, 5) is 4.38. The summed E-state index contributed by atoms with van der Waals surface area (Å²) in [6, 6.07) is 2.12. The molecule has 0 bridgehead atoms. The zero-order valence-corrected chi connectivity index (χ0v) is 7.71. The van der Waals surface area contributed by atoms with Crippen LogP contribution in [0.5, 0.6) is 0 Å². The molecule has 1 heterocycles. The molecule has 0 unspecified atom stereocenters. The average Bonchev–Trinajstić information content (AvgIpc) is 2.17. The zero-order chi connectivity index (χ0) is 9.26. The number of fused-ring (bicyclic) bond motifs is 1. The maximum atomic E-state index is 5.76. The van der Waals surface area contributed by atoms with Crippen LogP contribution in [0, 0.1) is 0 Å². The zero-order valence-electron chi connectivity index (χ0n) is 7.71. The molecule has 0 amide bonds. The lowest BCUT2D eigenvalue weighted by Crippen LogP contribution is -2.11. The SMILES string of the molecule is NCc1cc2c(nc1N)CCCC2. The van der Waals surface area contributed by atoms with E-state index in [2.05, 4.69) is 11.1 Å². The van der Waals surface area contributed by atoms with Crippen molar-refractivity contribution < 1.29 is 0 Å². The molecule has 1 aromatic heterocycles. The Labute approximate surface area is 78.1 Å². The van der Waals surface area contributed by atoms with Crippen LogP contribution in [0.3, 0.4) is 0 Å². The van der Waals surface area contributed by atoms with Gasteiger partial charge in [-0.15, -0.1) is 0 Å². The molecule has 13 heavy (non-hydrogen) atoms. The van der Waals surface area contributed by atoms with Crippen LogP contribution in [0.1, 0.15) is 29.7 Å². The highest BCUT2D eigenvalue weighted by Gasteiger charge is 2.12. The van der Waals surface area contributed by atoms with E-state index in [1.54, 1.807) is 0 Å². The minimum Gasteiger partial charge on any atom is -0.383 e. The Morgan fingerprint density at radius 3 is 2.85 bits per heavy atom. The molecule has 1 aliphatic carbocycles. The van der Waals surface area contributed by atoms with Crippen LogP contribution in [0.2, 0.25) is 0 Å². The number of nitrogens with two attached hydrogens (primary N) is 2. The number of rotatable bonds is 1. The van der Waals surface area contributed by atoms with E-state index in [0.29, 0.717) is 12.4 Å². The molecule has 0 saturated heterocycles. The van der Waals surface area contributed by atoms with Crippen molar-refractivity contribution in [3.8, 4) is 0 Å². The molecular weight excluding hydrogens is 162 g/mol. The minimum absolute atomic E-state index is 0.492. The predicted molar refractivity (Wildman–Crippen MR) is 53.2 cm³/mol. The van der Waals surface area contributed by atoms with Gasteiger partial charge in [0.15, 0.2) is 0 Å². The fourth-order valence-electron chi connectivity index (χ4n) is 1.86. The fraction of sp³-hybridized carbons (Fsp3) is 0.500. The van der Waals surface area contributed by atoms with Crippen molar-refractivity contribution in [2.75, 3.05) is 5.73 Å². The minimum atomic E-state index is 0.492. The van der Waals surface area contributed by atoms with E-state index in [4.69, 9.17) is 11.5 Å². The van der Waals surface area contributed by atoms with Crippen LogP contribution < -0.4 is 11.5 Å². The maximum Gasteiger partial charge on any atom is 0.128 e. The predicted octanol–water partition coefficient (Wildman–Crippen LogP) is 1.00. The first-order chi connectivity index (χ1) is 6.31. The summed E-state index contributed by atoms with van der Waals surface area (Å²) in [5.41, 5.74) is 14.8. The lowest BCUT2D eigenvalue weighted by molar-refractivity contribution is 0.667. The van der Waals surface area contributed by atoms with Gasteiger partial charge in [0, 0.05) is 17.8 Å². The van der Waals surface area contributed by atoms with E-state index in [9.17, 15) is 0 Å². The second-order valence-electron chi connectivity index (χ2n) is 3.55. The van der Waals surface area contributed by atoms with Gasteiger partial charge >= 0.3 is 0 Å². The van der Waals surface area contributed by atoms with E-state index < -0.39 is 0 Å². The van der Waals surface area contributed by atoms with Crippen molar-refractivity contribution in [3.63, 3.8) is 0 Å². The Morgan fingerprint density at radius 1 is 1.31 bits per heavy atom. The van der Waals surface area contributed by atoms with Gasteiger partial charge in [0.05, 0.1) is 0 Å². The highest BCUT2D eigenvalue weighted by atomic mass is 14.9. The van der Waals surface area contributed by atoms with E-state index in [1.807, 2.05) is 0 Å². The van der Waals surface area contributed by atoms with Crippen LogP contribution in [0.4, 0.5) is 5.82 Å². The Hall–Kier alpha value is -1.09. The largest absolute Gasteiger partial charge is 0.383 e. The first-order valence-electron chi connectivity index (χ1n) is 4.78. The quantitative estimate of drug-likeness (QED) is 0.672. The van der Waals surface area contributed by atoms with Crippen LogP contribution >= 0.6 is 0 Å². The number of nitrogen functional groups attached to an aromatic ring is 1. The molecule has 0 aromatic carbocycles.